The van der Waals surface area contributed by atoms with Crippen LogP contribution in [0.25, 0.3) is 0 Å². The Labute approximate surface area is 137 Å². The van der Waals surface area contributed by atoms with E-state index in [-0.39, 0.29) is 22.9 Å². The van der Waals surface area contributed by atoms with Crippen molar-refractivity contribution >= 4 is 27.5 Å². The highest BCUT2D eigenvalue weighted by Crippen LogP contribution is 2.30. The molecule has 2 amide bonds. The molecule has 0 aliphatic carbocycles. The van der Waals surface area contributed by atoms with Crippen LogP contribution in [-0.2, 0) is 21.2 Å². The molecule has 1 aromatic heterocycles. The second-order valence-corrected chi connectivity index (χ2v) is 6.65. The quantitative estimate of drug-likeness (QED) is 0.829. The van der Waals surface area contributed by atoms with Crippen LogP contribution < -0.4 is 14.8 Å². The van der Waals surface area contributed by atoms with Gasteiger partial charge in [-0.05, 0) is 24.6 Å². The lowest BCUT2D eigenvalue weighted by molar-refractivity contribution is -0.118. The summed E-state index contributed by atoms with van der Waals surface area (Å²) in [5, 5.41) is 6.13. The molecular formula is C14H13N3O6S. The van der Waals surface area contributed by atoms with Crippen LogP contribution in [0.15, 0.2) is 33.7 Å². The number of anilines is 1. The van der Waals surface area contributed by atoms with Gasteiger partial charge in [0.1, 0.15) is 5.75 Å². The van der Waals surface area contributed by atoms with E-state index in [2.05, 4.69) is 10.5 Å². The van der Waals surface area contributed by atoms with Gasteiger partial charge in [-0.15, -0.1) is 0 Å². The zero-order chi connectivity index (χ0) is 17.3. The molecule has 0 atom stereocenters. The van der Waals surface area contributed by atoms with E-state index in [0.717, 1.165) is 0 Å². The number of nitrogens with zero attached hydrogens (tertiary/aromatic N) is 1. The van der Waals surface area contributed by atoms with Crippen molar-refractivity contribution in [2.75, 3.05) is 11.9 Å². The topological polar surface area (TPSA) is 128 Å². The van der Waals surface area contributed by atoms with Crippen LogP contribution >= 0.6 is 0 Å². The first-order valence-corrected chi connectivity index (χ1v) is 8.47. The van der Waals surface area contributed by atoms with Crippen LogP contribution in [0.4, 0.5) is 5.69 Å². The summed E-state index contributed by atoms with van der Waals surface area (Å²) in [6, 6.07) is 5.24. The van der Waals surface area contributed by atoms with E-state index in [0.29, 0.717) is 17.9 Å². The number of carbonyl (C=O) groups is 2. The maximum Gasteiger partial charge on any atom is 0.303 e. The number of aromatic nitrogens is 1. The molecule has 1 aliphatic rings. The SMILES string of the molecule is CCc1cc(C(=O)NS(=O)(=O)c2ccc3c(c2)NC(=O)CO3)on1. The Morgan fingerprint density at radius 2 is 2.17 bits per heavy atom. The summed E-state index contributed by atoms with van der Waals surface area (Å²) < 4.78 is 36.5. The maximum absolute atomic E-state index is 12.3. The summed E-state index contributed by atoms with van der Waals surface area (Å²) >= 11 is 0. The number of carbonyl (C=O) groups excluding carboxylic acids is 2. The highest BCUT2D eigenvalue weighted by Gasteiger charge is 2.24. The number of benzene rings is 1. The predicted octanol–water partition coefficient (Wildman–Crippen LogP) is 0.687. The first-order valence-electron chi connectivity index (χ1n) is 6.98. The van der Waals surface area contributed by atoms with E-state index < -0.39 is 21.8 Å². The molecular weight excluding hydrogens is 338 g/mol. The average molecular weight is 351 g/mol. The van der Waals surface area contributed by atoms with Crippen LogP contribution in [-0.4, -0.2) is 32.0 Å². The van der Waals surface area contributed by atoms with Gasteiger partial charge in [0.05, 0.1) is 16.3 Å². The van der Waals surface area contributed by atoms with Gasteiger partial charge < -0.3 is 14.6 Å². The zero-order valence-corrected chi connectivity index (χ0v) is 13.3. The van der Waals surface area contributed by atoms with Crippen LogP contribution in [0.5, 0.6) is 5.75 Å². The molecule has 2 N–H and O–H groups in total. The summed E-state index contributed by atoms with van der Waals surface area (Å²) in [6.45, 7) is 1.68. The first kappa shape index (κ1) is 16.0. The van der Waals surface area contributed by atoms with Gasteiger partial charge in [-0.1, -0.05) is 12.1 Å². The Hall–Kier alpha value is -2.88. The van der Waals surface area contributed by atoms with E-state index in [1.807, 2.05) is 11.6 Å². The predicted molar refractivity (Wildman–Crippen MR) is 81.1 cm³/mol. The second kappa shape index (κ2) is 5.96. The number of nitrogens with one attached hydrogen (secondary N) is 2. The number of ether oxygens (including phenoxy) is 1. The van der Waals surface area contributed by atoms with Gasteiger partial charge >= 0.3 is 5.91 Å². The van der Waals surface area contributed by atoms with Crippen molar-refractivity contribution in [3.63, 3.8) is 0 Å². The summed E-state index contributed by atoms with van der Waals surface area (Å²) in [4.78, 5) is 23.1. The molecule has 0 saturated carbocycles. The molecule has 2 aromatic rings. The fourth-order valence-electron chi connectivity index (χ4n) is 2.05. The summed E-state index contributed by atoms with van der Waals surface area (Å²) in [7, 11) is -4.15. The largest absolute Gasteiger partial charge is 0.482 e. The monoisotopic (exact) mass is 351 g/mol. The number of rotatable bonds is 4. The molecule has 3 rings (SSSR count). The first-order chi connectivity index (χ1) is 11.4. The second-order valence-electron chi connectivity index (χ2n) is 4.97. The van der Waals surface area contributed by atoms with E-state index in [9.17, 15) is 18.0 Å². The number of fused-ring (bicyclic) bond motifs is 1. The number of hydrogen-bond donors (Lipinski definition) is 2. The fraction of sp³-hybridized carbons (Fsp3) is 0.214. The van der Waals surface area contributed by atoms with Crippen LogP contribution in [0, 0.1) is 0 Å². The third-order valence-electron chi connectivity index (χ3n) is 3.27. The van der Waals surface area contributed by atoms with Gasteiger partial charge in [0.15, 0.2) is 6.61 Å². The van der Waals surface area contributed by atoms with E-state index in [1.54, 1.807) is 0 Å². The molecule has 0 radical (unpaired) electrons. The summed E-state index contributed by atoms with van der Waals surface area (Å²) in [6.07, 6.45) is 0.550. The van der Waals surface area contributed by atoms with Gasteiger partial charge in [-0.2, -0.15) is 0 Å². The van der Waals surface area contributed by atoms with Crippen LogP contribution in [0.1, 0.15) is 23.2 Å². The molecule has 1 aliphatic heterocycles. The molecule has 10 heteroatoms. The van der Waals surface area contributed by atoms with Crippen molar-refractivity contribution in [1.82, 2.24) is 9.88 Å². The Morgan fingerprint density at radius 3 is 2.88 bits per heavy atom. The van der Waals surface area contributed by atoms with Crippen molar-refractivity contribution in [3.05, 3.63) is 35.7 Å². The lowest BCUT2D eigenvalue weighted by atomic mass is 10.2. The molecule has 24 heavy (non-hydrogen) atoms. The van der Waals surface area contributed by atoms with Gasteiger partial charge in [-0.25, -0.2) is 13.1 Å². The number of sulfonamides is 1. The Morgan fingerprint density at radius 1 is 1.38 bits per heavy atom. The van der Waals surface area contributed by atoms with Crippen molar-refractivity contribution in [1.29, 1.82) is 0 Å². The number of aryl methyl sites for hydroxylation is 1. The lowest BCUT2D eigenvalue weighted by Gasteiger charge is -2.18. The summed E-state index contributed by atoms with van der Waals surface area (Å²) in [5.41, 5.74) is 0.751. The molecule has 2 heterocycles. The van der Waals surface area contributed by atoms with Gasteiger partial charge in [0.2, 0.25) is 5.76 Å². The standard InChI is InChI=1S/C14H13N3O6S/c1-2-8-5-12(23-16-8)14(19)17-24(20,21)9-3-4-11-10(6-9)15-13(18)7-22-11/h3-6H,2,7H2,1H3,(H,15,18)(H,17,19). The van der Waals surface area contributed by atoms with Crippen LogP contribution in [0.3, 0.4) is 0 Å². The van der Waals surface area contributed by atoms with E-state index in [4.69, 9.17) is 9.26 Å². The van der Waals surface area contributed by atoms with E-state index >= 15 is 0 Å². The van der Waals surface area contributed by atoms with Crippen molar-refractivity contribution in [2.24, 2.45) is 0 Å². The Balaban J connectivity index is 1.84. The molecule has 0 spiro atoms. The van der Waals surface area contributed by atoms with Crippen molar-refractivity contribution < 1.29 is 27.3 Å². The van der Waals surface area contributed by atoms with Gasteiger partial charge in [0.25, 0.3) is 15.9 Å². The zero-order valence-electron chi connectivity index (χ0n) is 12.5. The van der Waals surface area contributed by atoms with Crippen molar-refractivity contribution in [3.8, 4) is 5.75 Å². The minimum absolute atomic E-state index is 0.138. The molecule has 1 aromatic carbocycles. The van der Waals surface area contributed by atoms with E-state index in [1.165, 1.54) is 24.3 Å². The third kappa shape index (κ3) is 3.08. The minimum Gasteiger partial charge on any atom is -0.482 e. The normalized spacial score (nSPS) is 13.6. The van der Waals surface area contributed by atoms with Gasteiger partial charge in [0, 0.05) is 6.07 Å². The molecule has 0 saturated heterocycles. The minimum atomic E-state index is -4.15. The Kier molecular flexibility index (Phi) is 3.97. The smallest absolute Gasteiger partial charge is 0.303 e. The molecule has 126 valence electrons. The highest BCUT2D eigenvalue weighted by molar-refractivity contribution is 7.90. The third-order valence-corrected chi connectivity index (χ3v) is 4.59. The molecule has 0 unspecified atom stereocenters. The van der Waals surface area contributed by atoms with Crippen LogP contribution in [0.2, 0.25) is 0 Å². The maximum atomic E-state index is 12.3. The molecule has 0 bridgehead atoms. The lowest BCUT2D eigenvalue weighted by Crippen LogP contribution is -2.31. The number of amides is 2. The average Bonchev–Trinajstić information content (AvgIpc) is 3.03. The highest BCUT2D eigenvalue weighted by atomic mass is 32.2. The van der Waals surface area contributed by atoms with Gasteiger partial charge in [-0.3, -0.25) is 9.59 Å². The molecule has 0 fully saturated rings. The fourth-order valence-corrected chi connectivity index (χ4v) is 3.03. The van der Waals surface area contributed by atoms with Crippen molar-refractivity contribution in [2.45, 2.75) is 18.2 Å². The Bertz CT molecular complexity index is 918. The molecule has 9 nitrogen and oxygen atoms in total. The summed E-state index contributed by atoms with van der Waals surface area (Å²) in [5.74, 6) is -1.18. The number of hydrogen-bond acceptors (Lipinski definition) is 7.